The maximum Gasteiger partial charge on any atom is 0.305 e. The standard InChI is InChI=1S/C14H11NO5S2/c16-12(17)3-4-15-13(18)11(22-14(15)21)6-8-1-2-9-10(5-8)20-7-19-9/h1-2,5-6H,3-4,7H2,(H,16,17)/b11-6-. The fourth-order valence-electron chi connectivity index (χ4n) is 2.05. The Balaban J connectivity index is 1.79. The van der Waals surface area contributed by atoms with Crippen molar-refractivity contribution in [3.63, 3.8) is 0 Å². The Kier molecular flexibility index (Phi) is 4.04. The van der Waals surface area contributed by atoms with Crippen molar-refractivity contribution < 1.29 is 24.2 Å². The molecular weight excluding hydrogens is 326 g/mol. The number of fused-ring (bicyclic) bond motifs is 1. The van der Waals surface area contributed by atoms with Gasteiger partial charge in [-0.05, 0) is 23.8 Å². The number of carbonyl (C=O) groups excluding carboxylic acids is 1. The summed E-state index contributed by atoms with van der Waals surface area (Å²) in [5.41, 5.74) is 0.794. The van der Waals surface area contributed by atoms with E-state index in [1.807, 2.05) is 6.07 Å². The predicted octanol–water partition coefficient (Wildman–Crippen LogP) is 2.09. The van der Waals surface area contributed by atoms with E-state index in [0.29, 0.717) is 20.7 Å². The highest BCUT2D eigenvalue weighted by Crippen LogP contribution is 2.36. The number of carboxylic acid groups (broad SMARTS) is 1. The molecule has 1 fully saturated rings. The molecule has 0 atom stereocenters. The zero-order valence-corrected chi connectivity index (χ0v) is 12.9. The van der Waals surface area contributed by atoms with E-state index >= 15 is 0 Å². The van der Waals surface area contributed by atoms with Gasteiger partial charge in [0.05, 0.1) is 11.3 Å². The number of rotatable bonds is 4. The van der Waals surface area contributed by atoms with E-state index in [1.54, 1.807) is 18.2 Å². The van der Waals surface area contributed by atoms with Crippen LogP contribution in [0.25, 0.3) is 6.08 Å². The Morgan fingerprint density at radius 1 is 1.41 bits per heavy atom. The Labute approximate surface area is 135 Å². The molecule has 1 aromatic carbocycles. The quantitative estimate of drug-likeness (QED) is 0.666. The van der Waals surface area contributed by atoms with Gasteiger partial charge in [-0.25, -0.2) is 0 Å². The summed E-state index contributed by atoms with van der Waals surface area (Å²) < 4.78 is 10.9. The first-order valence-electron chi connectivity index (χ1n) is 6.41. The monoisotopic (exact) mass is 337 g/mol. The van der Waals surface area contributed by atoms with Gasteiger partial charge in [-0.15, -0.1) is 0 Å². The molecule has 0 aliphatic carbocycles. The van der Waals surface area contributed by atoms with Crippen LogP contribution in [0.3, 0.4) is 0 Å². The lowest BCUT2D eigenvalue weighted by molar-refractivity contribution is -0.137. The van der Waals surface area contributed by atoms with E-state index < -0.39 is 5.97 Å². The number of carbonyl (C=O) groups is 2. The molecule has 1 saturated heterocycles. The molecule has 2 heterocycles. The minimum Gasteiger partial charge on any atom is -0.481 e. The molecule has 0 bridgehead atoms. The first-order chi connectivity index (χ1) is 10.5. The summed E-state index contributed by atoms with van der Waals surface area (Å²) in [5, 5.41) is 8.71. The summed E-state index contributed by atoms with van der Waals surface area (Å²) in [6.45, 7) is 0.272. The highest BCUT2D eigenvalue weighted by atomic mass is 32.2. The van der Waals surface area contributed by atoms with E-state index in [-0.39, 0.29) is 25.7 Å². The fourth-order valence-corrected chi connectivity index (χ4v) is 3.36. The van der Waals surface area contributed by atoms with Crippen molar-refractivity contribution in [2.24, 2.45) is 0 Å². The number of aliphatic carboxylic acids is 1. The van der Waals surface area contributed by atoms with Crippen LogP contribution in [-0.4, -0.2) is 39.5 Å². The van der Waals surface area contributed by atoms with Crippen molar-refractivity contribution in [3.8, 4) is 11.5 Å². The number of nitrogens with zero attached hydrogens (tertiary/aromatic N) is 1. The maximum atomic E-state index is 12.3. The van der Waals surface area contributed by atoms with E-state index in [0.717, 1.165) is 5.56 Å². The molecule has 0 spiro atoms. The van der Waals surface area contributed by atoms with Gasteiger partial charge < -0.3 is 14.6 Å². The van der Waals surface area contributed by atoms with Crippen LogP contribution in [0.5, 0.6) is 11.5 Å². The number of benzene rings is 1. The van der Waals surface area contributed by atoms with Crippen molar-refractivity contribution in [3.05, 3.63) is 28.7 Å². The van der Waals surface area contributed by atoms with Gasteiger partial charge in [0.15, 0.2) is 11.5 Å². The fraction of sp³-hybridized carbons (Fsp3) is 0.214. The average Bonchev–Trinajstić information content (AvgIpc) is 3.02. The summed E-state index contributed by atoms with van der Waals surface area (Å²) in [5.74, 6) is 0.0731. The van der Waals surface area contributed by atoms with Crippen molar-refractivity contribution in [1.29, 1.82) is 0 Å². The summed E-state index contributed by atoms with van der Waals surface area (Å²) in [7, 11) is 0. The molecule has 0 aromatic heterocycles. The van der Waals surface area contributed by atoms with Gasteiger partial charge in [0.25, 0.3) is 5.91 Å². The molecule has 1 N–H and O–H groups in total. The Bertz CT molecular complexity index is 700. The van der Waals surface area contributed by atoms with Crippen molar-refractivity contribution in [1.82, 2.24) is 4.90 Å². The second kappa shape index (κ2) is 5.98. The molecule has 1 amide bonds. The largest absolute Gasteiger partial charge is 0.481 e. The zero-order valence-electron chi connectivity index (χ0n) is 11.3. The first kappa shape index (κ1) is 14.9. The SMILES string of the molecule is O=C(O)CCN1C(=O)/C(=C/c2ccc3c(c2)OCO3)SC1=S. The van der Waals surface area contributed by atoms with Crippen LogP contribution < -0.4 is 9.47 Å². The highest BCUT2D eigenvalue weighted by Gasteiger charge is 2.32. The molecule has 6 nitrogen and oxygen atoms in total. The molecule has 22 heavy (non-hydrogen) atoms. The van der Waals surface area contributed by atoms with Crippen LogP contribution in [0.4, 0.5) is 0 Å². The molecule has 8 heteroatoms. The summed E-state index contributed by atoms with van der Waals surface area (Å²) in [4.78, 5) is 24.7. The van der Waals surface area contributed by atoms with E-state index in [9.17, 15) is 9.59 Å². The molecule has 3 rings (SSSR count). The lowest BCUT2D eigenvalue weighted by Crippen LogP contribution is -2.30. The summed E-state index contributed by atoms with van der Waals surface area (Å²) >= 11 is 6.30. The second-order valence-corrected chi connectivity index (χ2v) is 6.27. The van der Waals surface area contributed by atoms with Gasteiger partial charge >= 0.3 is 5.97 Å². The minimum atomic E-state index is -0.964. The van der Waals surface area contributed by atoms with Gasteiger partial charge in [-0.2, -0.15) is 0 Å². The van der Waals surface area contributed by atoms with Gasteiger partial charge in [0, 0.05) is 6.54 Å². The molecule has 1 aromatic rings. The topological polar surface area (TPSA) is 76.1 Å². The van der Waals surface area contributed by atoms with E-state index in [2.05, 4.69) is 0 Å². The molecular formula is C14H11NO5S2. The lowest BCUT2D eigenvalue weighted by Gasteiger charge is -2.12. The number of thioether (sulfide) groups is 1. The Hall–Kier alpha value is -2.06. The van der Waals surface area contributed by atoms with Crippen LogP contribution >= 0.6 is 24.0 Å². The molecule has 114 valence electrons. The smallest absolute Gasteiger partial charge is 0.305 e. The third-order valence-electron chi connectivity index (χ3n) is 3.12. The average molecular weight is 337 g/mol. The predicted molar refractivity (Wildman–Crippen MR) is 84.7 cm³/mol. The van der Waals surface area contributed by atoms with Crippen LogP contribution in [0, 0.1) is 0 Å². The Morgan fingerprint density at radius 3 is 2.95 bits per heavy atom. The maximum absolute atomic E-state index is 12.3. The minimum absolute atomic E-state index is 0.0818. The lowest BCUT2D eigenvalue weighted by atomic mass is 10.2. The van der Waals surface area contributed by atoms with E-state index in [4.69, 9.17) is 26.8 Å². The van der Waals surface area contributed by atoms with Crippen LogP contribution in [-0.2, 0) is 9.59 Å². The number of amides is 1. The van der Waals surface area contributed by atoms with Crippen LogP contribution in [0.1, 0.15) is 12.0 Å². The van der Waals surface area contributed by atoms with Crippen molar-refractivity contribution in [2.75, 3.05) is 13.3 Å². The number of hydrogen-bond acceptors (Lipinski definition) is 6. The van der Waals surface area contributed by atoms with Gasteiger partial charge in [-0.3, -0.25) is 14.5 Å². The zero-order chi connectivity index (χ0) is 15.7. The molecule has 2 aliphatic heterocycles. The highest BCUT2D eigenvalue weighted by molar-refractivity contribution is 8.26. The normalized spacial score (nSPS) is 18.4. The molecule has 0 saturated carbocycles. The number of carboxylic acids is 1. The van der Waals surface area contributed by atoms with Gasteiger partial charge in [0.2, 0.25) is 6.79 Å². The molecule has 0 unspecified atom stereocenters. The van der Waals surface area contributed by atoms with Gasteiger partial charge in [-0.1, -0.05) is 30.0 Å². The Morgan fingerprint density at radius 2 is 2.18 bits per heavy atom. The number of ether oxygens (including phenoxy) is 2. The first-order valence-corrected chi connectivity index (χ1v) is 7.64. The van der Waals surface area contributed by atoms with Crippen molar-refractivity contribution in [2.45, 2.75) is 6.42 Å². The van der Waals surface area contributed by atoms with Gasteiger partial charge in [0.1, 0.15) is 4.32 Å². The van der Waals surface area contributed by atoms with Crippen LogP contribution in [0.15, 0.2) is 23.1 Å². The third-order valence-corrected chi connectivity index (χ3v) is 4.50. The second-order valence-electron chi connectivity index (χ2n) is 4.59. The molecule has 2 aliphatic rings. The van der Waals surface area contributed by atoms with E-state index in [1.165, 1.54) is 16.7 Å². The van der Waals surface area contributed by atoms with Crippen molar-refractivity contribution >= 4 is 46.3 Å². The third kappa shape index (κ3) is 2.93. The van der Waals surface area contributed by atoms with Crippen LogP contribution in [0.2, 0.25) is 0 Å². The summed E-state index contributed by atoms with van der Waals surface area (Å²) in [6.07, 6.45) is 1.58. The number of thiocarbonyl (C=S) groups is 1. The summed E-state index contributed by atoms with van der Waals surface area (Å²) in [6, 6.07) is 5.38. The molecule has 0 radical (unpaired) electrons. The number of hydrogen-bond donors (Lipinski definition) is 1.